The van der Waals surface area contributed by atoms with E-state index in [1.807, 2.05) is 31.2 Å². The molecule has 7 nitrogen and oxygen atoms in total. The average molecular weight is 400 g/mol. The first-order valence-electron chi connectivity index (χ1n) is 10.1. The number of fused-ring (bicyclic) bond motifs is 1. The van der Waals surface area contributed by atoms with Crippen LogP contribution in [0.2, 0.25) is 0 Å². The third-order valence-corrected chi connectivity index (χ3v) is 5.43. The average Bonchev–Trinajstić information content (AvgIpc) is 3.09. The molecule has 0 spiro atoms. The highest BCUT2D eigenvalue weighted by Gasteiger charge is 2.15. The van der Waals surface area contributed by atoms with Gasteiger partial charge in [-0.3, -0.25) is 9.47 Å². The summed E-state index contributed by atoms with van der Waals surface area (Å²) in [6.45, 7) is 6.47. The van der Waals surface area contributed by atoms with E-state index in [0.29, 0.717) is 5.82 Å². The molecule has 0 unspecified atom stereocenters. The van der Waals surface area contributed by atoms with Crippen molar-refractivity contribution >= 4 is 17.0 Å². The van der Waals surface area contributed by atoms with Crippen LogP contribution in [0.25, 0.3) is 28.1 Å². The number of anilines is 1. The summed E-state index contributed by atoms with van der Waals surface area (Å²) in [4.78, 5) is 16.1. The summed E-state index contributed by atoms with van der Waals surface area (Å²) in [5, 5.41) is 0. The number of benzene rings is 1. The number of aryl methyl sites for hydroxylation is 1. The summed E-state index contributed by atoms with van der Waals surface area (Å²) >= 11 is 0. The lowest BCUT2D eigenvalue weighted by molar-refractivity contribution is 0.0342. The zero-order valence-corrected chi connectivity index (χ0v) is 17.0. The monoisotopic (exact) mass is 400 g/mol. The molecule has 3 aromatic heterocycles. The molecule has 0 amide bonds. The predicted octanol–water partition coefficient (Wildman–Crippen LogP) is 3.21. The largest absolute Gasteiger partial charge is 0.384 e. The van der Waals surface area contributed by atoms with Gasteiger partial charge >= 0.3 is 0 Å². The molecule has 4 heterocycles. The minimum absolute atomic E-state index is 0.481. The molecule has 1 aliphatic rings. The lowest BCUT2D eigenvalue weighted by Crippen LogP contribution is -2.35. The van der Waals surface area contributed by atoms with Gasteiger partial charge in [0.05, 0.1) is 18.9 Å². The van der Waals surface area contributed by atoms with Gasteiger partial charge in [0.1, 0.15) is 17.2 Å². The van der Waals surface area contributed by atoms with Crippen molar-refractivity contribution in [1.29, 1.82) is 0 Å². The van der Waals surface area contributed by atoms with Crippen LogP contribution < -0.4 is 5.73 Å². The zero-order chi connectivity index (χ0) is 20.5. The SMILES string of the molecule is Cc1nc2ccc(-c3ccnc(N)c3)nc2n1-c1cccc(CN2CCOCC2)c1. The van der Waals surface area contributed by atoms with Crippen LogP contribution in [0.3, 0.4) is 0 Å². The van der Waals surface area contributed by atoms with Crippen molar-refractivity contribution in [3.63, 3.8) is 0 Å². The summed E-state index contributed by atoms with van der Waals surface area (Å²) in [5.41, 5.74) is 11.7. The Kier molecular flexibility index (Phi) is 4.90. The quantitative estimate of drug-likeness (QED) is 0.566. The molecule has 0 atom stereocenters. The number of pyridine rings is 2. The number of nitrogens with two attached hydrogens (primary N) is 1. The summed E-state index contributed by atoms with van der Waals surface area (Å²) < 4.78 is 7.58. The van der Waals surface area contributed by atoms with Gasteiger partial charge in [-0.05, 0) is 48.9 Å². The van der Waals surface area contributed by atoms with E-state index in [0.717, 1.165) is 66.8 Å². The Morgan fingerprint density at radius 2 is 1.90 bits per heavy atom. The van der Waals surface area contributed by atoms with Crippen LogP contribution in [0.15, 0.2) is 54.7 Å². The Bertz CT molecular complexity index is 1200. The molecule has 0 saturated carbocycles. The van der Waals surface area contributed by atoms with Gasteiger partial charge in [0.25, 0.3) is 0 Å². The minimum atomic E-state index is 0.481. The van der Waals surface area contributed by atoms with Crippen LogP contribution in [-0.2, 0) is 11.3 Å². The second-order valence-electron chi connectivity index (χ2n) is 7.56. The maximum Gasteiger partial charge on any atom is 0.165 e. The predicted molar refractivity (Wildman–Crippen MR) is 117 cm³/mol. The fraction of sp³-hybridized carbons (Fsp3) is 0.261. The lowest BCUT2D eigenvalue weighted by atomic mass is 10.1. The fourth-order valence-corrected chi connectivity index (χ4v) is 3.96. The Hall–Kier alpha value is -3.29. The molecular weight excluding hydrogens is 376 g/mol. The van der Waals surface area contributed by atoms with E-state index in [1.165, 1.54) is 5.56 Å². The Morgan fingerprint density at radius 3 is 2.73 bits per heavy atom. The fourth-order valence-electron chi connectivity index (χ4n) is 3.96. The summed E-state index contributed by atoms with van der Waals surface area (Å²) in [6.07, 6.45) is 1.70. The number of nitrogen functional groups attached to an aromatic ring is 1. The summed E-state index contributed by atoms with van der Waals surface area (Å²) in [6, 6.07) is 16.3. The molecule has 1 saturated heterocycles. The van der Waals surface area contributed by atoms with Crippen LogP contribution >= 0.6 is 0 Å². The maximum absolute atomic E-state index is 5.86. The van der Waals surface area contributed by atoms with E-state index in [4.69, 9.17) is 20.4 Å². The number of morpholine rings is 1. The van der Waals surface area contributed by atoms with E-state index in [1.54, 1.807) is 6.20 Å². The highest BCUT2D eigenvalue weighted by molar-refractivity contribution is 5.78. The van der Waals surface area contributed by atoms with Crippen LogP contribution in [0.1, 0.15) is 11.4 Å². The smallest absolute Gasteiger partial charge is 0.165 e. The van der Waals surface area contributed by atoms with Gasteiger partial charge in [0.2, 0.25) is 0 Å². The first-order valence-corrected chi connectivity index (χ1v) is 10.1. The minimum Gasteiger partial charge on any atom is -0.384 e. The molecule has 1 aliphatic heterocycles. The van der Waals surface area contributed by atoms with E-state index >= 15 is 0 Å². The third-order valence-electron chi connectivity index (χ3n) is 5.43. The van der Waals surface area contributed by atoms with E-state index in [9.17, 15) is 0 Å². The lowest BCUT2D eigenvalue weighted by Gasteiger charge is -2.26. The molecule has 152 valence electrons. The first-order chi connectivity index (χ1) is 14.7. The first kappa shape index (κ1) is 18.7. The highest BCUT2D eigenvalue weighted by Crippen LogP contribution is 2.25. The van der Waals surface area contributed by atoms with Crippen molar-refractivity contribution in [2.24, 2.45) is 0 Å². The summed E-state index contributed by atoms with van der Waals surface area (Å²) in [7, 11) is 0. The van der Waals surface area contributed by atoms with Gasteiger partial charge < -0.3 is 10.5 Å². The van der Waals surface area contributed by atoms with E-state index < -0.39 is 0 Å². The number of ether oxygens (including phenoxy) is 1. The van der Waals surface area contributed by atoms with Crippen LogP contribution in [0, 0.1) is 6.92 Å². The molecule has 7 heteroatoms. The van der Waals surface area contributed by atoms with Crippen LogP contribution in [-0.4, -0.2) is 50.7 Å². The Morgan fingerprint density at radius 1 is 1.03 bits per heavy atom. The van der Waals surface area contributed by atoms with Gasteiger partial charge in [-0.1, -0.05) is 12.1 Å². The van der Waals surface area contributed by atoms with Gasteiger partial charge in [0, 0.05) is 37.1 Å². The van der Waals surface area contributed by atoms with Crippen molar-refractivity contribution in [3.8, 4) is 16.9 Å². The molecule has 5 rings (SSSR count). The van der Waals surface area contributed by atoms with Gasteiger partial charge in [0.15, 0.2) is 5.65 Å². The van der Waals surface area contributed by atoms with Gasteiger partial charge in [-0.15, -0.1) is 0 Å². The number of nitrogens with zero attached hydrogens (tertiary/aromatic N) is 5. The summed E-state index contributed by atoms with van der Waals surface area (Å²) in [5.74, 6) is 1.39. The van der Waals surface area contributed by atoms with E-state index in [2.05, 4.69) is 38.7 Å². The molecule has 0 radical (unpaired) electrons. The van der Waals surface area contributed by atoms with Crippen molar-refractivity contribution in [1.82, 2.24) is 24.4 Å². The highest BCUT2D eigenvalue weighted by atomic mass is 16.5. The number of rotatable bonds is 4. The topological polar surface area (TPSA) is 82.1 Å². The molecule has 30 heavy (non-hydrogen) atoms. The van der Waals surface area contributed by atoms with E-state index in [-0.39, 0.29) is 0 Å². The number of hydrogen-bond donors (Lipinski definition) is 1. The molecule has 0 aliphatic carbocycles. The van der Waals surface area contributed by atoms with Crippen molar-refractivity contribution in [2.75, 3.05) is 32.0 Å². The number of imidazole rings is 1. The maximum atomic E-state index is 5.86. The zero-order valence-electron chi connectivity index (χ0n) is 17.0. The normalized spacial score (nSPS) is 15.0. The van der Waals surface area contributed by atoms with Crippen molar-refractivity contribution in [3.05, 3.63) is 66.1 Å². The van der Waals surface area contributed by atoms with Gasteiger partial charge in [-0.25, -0.2) is 15.0 Å². The molecule has 2 N–H and O–H groups in total. The Balaban J connectivity index is 1.54. The third kappa shape index (κ3) is 3.65. The molecular formula is C23H24N6O. The Labute approximate surface area is 175 Å². The molecule has 0 bridgehead atoms. The van der Waals surface area contributed by atoms with Crippen LogP contribution in [0.5, 0.6) is 0 Å². The second-order valence-corrected chi connectivity index (χ2v) is 7.56. The van der Waals surface area contributed by atoms with Crippen molar-refractivity contribution in [2.45, 2.75) is 13.5 Å². The molecule has 4 aromatic rings. The van der Waals surface area contributed by atoms with Crippen LogP contribution in [0.4, 0.5) is 5.82 Å². The number of aromatic nitrogens is 4. The molecule has 1 fully saturated rings. The molecule has 1 aromatic carbocycles. The standard InChI is InChI=1S/C23H24N6O/c1-16-26-21-6-5-20(18-7-8-25-22(24)14-18)27-23(21)29(16)19-4-2-3-17(13-19)15-28-9-11-30-12-10-28/h2-8,13-14H,9-12,15H2,1H3,(H2,24,25). The number of hydrogen-bond acceptors (Lipinski definition) is 6. The van der Waals surface area contributed by atoms with Crippen molar-refractivity contribution < 1.29 is 4.74 Å². The van der Waals surface area contributed by atoms with Gasteiger partial charge in [-0.2, -0.15) is 0 Å². The second kappa shape index (κ2) is 7.85.